The quantitative estimate of drug-likeness (QED) is 0.218. The highest BCUT2D eigenvalue weighted by Gasteiger charge is 2.29. The molecular formula is C33H50N4O5. The van der Waals surface area contributed by atoms with Gasteiger partial charge in [-0.05, 0) is 56.2 Å². The number of nitrogens with two attached hydrogens (primary N) is 1. The highest BCUT2D eigenvalue weighted by Crippen LogP contribution is 2.24. The number of rotatable bonds is 17. The van der Waals surface area contributed by atoms with E-state index in [9.17, 15) is 14.4 Å². The molecule has 0 aliphatic heterocycles. The van der Waals surface area contributed by atoms with Crippen LogP contribution in [0.25, 0.3) is 0 Å². The van der Waals surface area contributed by atoms with Crippen LogP contribution in [0.3, 0.4) is 0 Å². The topological polar surface area (TPSA) is 132 Å². The van der Waals surface area contributed by atoms with Crippen LogP contribution in [0.2, 0.25) is 0 Å². The molecule has 0 unspecified atom stereocenters. The van der Waals surface area contributed by atoms with Gasteiger partial charge in [-0.25, -0.2) is 0 Å². The van der Waals surface area contributed by atoms with Crippen molar-refractivity contribution in [3.63, 3.8) is 0 Å². The van der Waals surface area contributed by atoms with Gasteiger partial charge in [0.05, 0.1) is 13.2 Å². The summed E-state index contributed by atoms with van der Waals surface area (Å²) in [6.07, 6.45) is 0.977. The maximum absolute atomic E-state index is 13.3. The molecule has 2 aromatic rings. The van der Waals surface area contributed by atoms with E-state index in [-0.39, 0.29) is 35.6 Å². The zero-order valence-electron chi connectivity index (χ0n) is 26.2. The van der Waals surface area contributed by atoms with E-state index in [0.29, 0.717) is 49.7 Å². The second-order valence-electron chi connectivity index (χ2n) is 11.5. The van der Waals surface area contributed by atoms with Crippen molar-refractivity contribution in [1.82, 2.24) is 16.0 Å². The van der Waals surface area contributed by atoms with Gasteiger partial charge in [-0.3, -0.25) is 14.4 Å². The van der Waals surface area contributed by atoms with E-state index in [2.05, 4.69) is 29.8 Å². The number of ether oxygens (including phenoxy) is 2. The summed E-state index contributed by atoms with van der Waals surface area (Å²) in [6.45, 7) is 14.8. The molecule has 9 nitrogen and oxygen atoms in total. The van der Waals surface area contributed by atoms with Crippen LogP contribution >= 0.6 is 0 Å². The molecule has 0 saturated carbocycles. The molecule has 232 valence electrons. The van der Waals surface area contributed by atoms with Gasteiger partial charge in [0.2, 0.25) is 11.8 Å². The van der Waals surface area contributed by atoms with E-state index in [4.69, 9.17) is 15.2 Å². The first-order valence-corrected chi connectivity index (χ1v) is 15.0. The van der Waals surface area contributed by atoms with E-state index in [0.717, 1.165) is 5.56 Å². The molecule has 0 aliphatic rings. The first kappa shape index (κ1) is 34.6. The summed E-state index contributed by atoms with van der Waals surface area (Å²) in [7, 11) is 0. The Labute approximate surface area is 251 Å². The third kappa shape index (κ3) is 11.4. The number of hydrogen-bond donors (Lipinski definition) is 4. The van der Waals surface area contributed by atoms with Crippen LogP contribution in [0.15, 0.2) is 48.5 Å². The maximum Gasteiger partial charge on any atom is 0.251 e. The second kappa shape index (κ2) is 17.4. The molecule has 0 radical (unpaired) electrons. The van der Waals surface area contributed by atoms with Crippen LogP contribution in [-0.2, 0) is 16.1 Å². The van der Waals surface area contributed by atoms with E-state index in [1.165, 1.54) is 0 Å². The van der Waals surface area contributed by atoms with Crippen molar-refractivity contribution < 1.29 is 23.9 Å². The Morgan fingerprint density at radius 3 is 1.93 bits per heavy atom. The molecule has 0 saturated heterocycles. The second-order valence-corrected chi connectivity index (χ2v) is 11.5. The lowest BCUT2D eigenvalue weighted by Gasteiger charge is -2.29. The zero-order valence-corrected chi connectivity index (χ0v) is 26.2. The van der Waals surface area contributed by atoms with Crippen molar-refractivity contribution in [3.8, 4) is 11.5 Å². The highest BCUT2D eigenvalue weighted by molar-refractivity contribution is 5.95. The minimum Gasteiger partial charge on any atom is -0.494 e. The summed E-state index contributed by atoms with van der Waals surface area (Å²) in [5.74, 6) is 0.0210. The van der Waals surface area contributed by atoms with Crippen LogP contribution in [-0.4, -0.2) is 49.1 Å². The summed E-state index contributed by atoms with van der Waals surface area (Å²) in [6, 6.07) is 13.2. The molecular weight excluding hydrogens is 532 g/mol. The molecule has 2 aromatic carbocycles. The summed E-state index contributed by atoms with van der Waals surface area (Å²) < 4.78 is 11.2. The summed E-state index contributed by atoms with van der Waals surface area (Å²) in [4.78, 5) is 39.5. The predicted octanol–water partition coefficient (Wildman–Crippen LogP) is 4.44. The Morgan fingerprint density at radius 1 is 0.810 bits per heavy atom. The summed E-state index contributed by atoms with van der Waals surface area (Å²) in [5.41, 5.74) is 8.02. The molecule has 0 heterocycles. The van der Waals surface area contributed by atoms with Gasteiger partial charge in [-0.1, -0.05) is 65.0 Å². The molecule has 5 N–H and O–H groups in total. The molecule has 9 heteroatoms. The van der Waals surface area contributed by atoms with Crippen molar-refractivity contribution in [2.24, 2.45) is 23.5 Å². The van der Waals surface area contributed by atoms with Crippen molar-refractivity contribution in [2.75, 3.05) is 13.2 Å². The van der Waals surface area contributed by atoms with Gasteiger partial charge in [0.15, 0.2) is 0 Å². The number of benzene rings is 2. The van der Waals surface area contributed by atoms with Gasteiger partial charge < -0.3 is 31.2 Å². The molecule has 0 aliphatic carbocycles. The van der Waals surface area contributed by atoms with Crippen LogP contribution in [0.1, 0.15) is 77.2 Å². The summed E-state index contributed by atoms with van der Waals surface area (Å²) in [5, 5.41) is 8.93. The van der Waals surface area contributed by atoms with Gasteiger partial charge in [-0.2, -0.15) is 0 Å². The lowest BCUT2D eigenvalue weighted by atomic mass is 9.90. The van der Waals surface area contributed by atoms with Gasteiger partial charge >= 0.3 is 0 Å². The fourth-order valence-electron chi connectivity index (χ4n) is 4.71. The Morgan fingerprint density at radius 2 is 1.40 bits per heavy atom. The third-order valence-corrected chi connectivity index (χ3v) is 6.95. The highest BCUT2D eigenvalue weighted by atomic mass is 16.5. The van der Waals surface area contributed by atoms with E-state index >= 15 is 0 Å². The van der Waals surface area contributed by atoms with Crippen LogP contribution in [0, 0.1) is 17.8 Å². The Hall–Kier alpha value is -3.59. The van der Waals surface area contributed by atoms with E-state index < -0.39 is 18.0 Å². The van der Waals surface area contributed by atoms with Crippen molar-refractivity contribution in [1.29, 1.82) is 0 Å². The standard InChI is InChI=1S/C33H50N4O5/c1-8-41-26-17-25(18-27(19-26)42-9-2)32(39)36-29(15-21(3)4)28(34)16-23(7)31(38)37-30(22(5)6)33(40)35-20-24-13-11-10-12-14-24/h10-14,17-19,21-23,28-30H,8-9,15-16,20,34H2,1-7H3,(H,35,40)(H,36,39)(H,37,38)/t23-,28+,29+,30+/m1/s1. The van der Waals surface area contributed by atoms with Crippen LogP contribution < -0.4 is 31.2 Å². The Balaban J connectivity index is 2.07. The SMILES string of the molecule is CCOc1cc(OCC)cc(C(=O)N[C@@H](CC(C)C)[C@@H](N)C[C@@H](C)C(=O)N[C@H](C(=O)NCc2ccccc2)C(C)C)c1. The normalized spacial score (nSPS) is 14.0. The van der Waals surface area contributed by atoms with Gasteiger partial charge in [0.25, 0.3) is 5.91 Å². The summed E-state index contributed by atoms with van der Waals surface area (Å²) >= 11 is 0. The smallest absolute Gasteiger partial charge is 0.251 e. The van der Waals surface area contributed by atoms with Crippen molar-refractivity contribution in [3.05, 3.63) is 59.7 Å². The fraction of sp³-hybridized carbons (Fsp3) is 0.545. The molecule has 3 amide bonds. The Kier molecular flexibility index (Phi) is 14.3. The van der Waals surface area contributed by atoms with Crippen molar-refractivity contribution >= 4 is 17.7 Å². The maximum atomic E-state index is 13.3. The lowest BCUT2D eigenvalue weighted by molar-refractivity contribution is -0.132. The number of amides is 3. The number of nitrogens with one attached hydrogen (secondary N) is 3. The van der Waals surface area contributed by atoms with Crippen LogP contribution in [0.5, 0.6) is 11.5 Å². The van der Waals surface area contributed by atoms with Gasteiger partial charge in [0, 0.05) is 36.2 Å². The molecule has 0 aromatic heterocycles. The molecule has 2 rings (SSSR count). The molecule has 0 spiro atoms. The fourth-order valence-corrected chi connectivity index (χ4v) is 4.71. The Bertz CT molecular complexity index is 1110. The molecule has 0 bridgehead atoms. The number of hydrogen-bond acceptors (Lipinski definition) is 6. The molecule has 4 atom stereocenters. The lowest BCUT2D eigenvalue weighted by Crippen LogP contribution is -2.53. The first-order valence-electron chi connectivity index (χ1n) is 15.0. The number of carbonyl (C=O) groups excluding carboxylic acids is 3. The van der Waals surface area contributed by atoms with Crippen LogP contribution in [0.4, 0.5) is 0 Å². The predicted molar refractivity (Wildman–Crippen MR) is 166 cm³/mol. The average molecular weight is 583 g/mol. The van der Waals surface area contributed by atoms with Gasteiger partial charge in [0.1, 0.15) is 17.5 Å². The largest absolute Gasteiger partial charge is 0.494 e. The third-order valence-electron chi connectivity index (χ3n) is 6.95. The molecule has 0 fully saturated rings. The van der Waals surface area contributed by atoms with E-state index in [1.807, 2.05) is 58.0 Å². The van der Waals surface area contributed by atoms with Crippen molar-refractivity contribution in [2.45, 2.75) is 86.0 Å². The zero-order chi connectivity index (χ0) is 31.2. The monoisotopic (exact) mass is 582 g/mol. The number of carbonyl (C=O) groups is 3. The van der Waals surface area contributed by atoms with Gasteiger partial charge in [-0.15, -0.1) is 0 Å². The van der Waals surface area contributed by atoms with E-state index in [1.54, 1.807) is 25.1 Å². The first-order chi connectivity index (χ1) is 19.9. The average Bonchev–Trinajstić information content (AvgIpc) is 2.94. The minimum atomic E-state index is -0.678. The minimum absolute atomic E-state index is 0.104. The molecule has 42 heavy (non-hydrogen) atoms.